The summed E-state index contributed by atoms with van der Waals surface area (Å²) < 4.78 is 16.1. The lowest BCUT2D eigenvalue weighted by molar-refractivity contribution is -0.120. The highest BCUT2D eigenvalue weighted by Crippen LogP contribution is 2.24. The highest BCUT2D eigenvalue weighted by atomic mass is 16.5. The molecule has 0 saturated heterocycles. The summed E-state index contributed by atoms with van der Waals surface area (Å²) in [7, 11) is 3.18. The van der Waals surface area contributed by atoms with Crippen molar-refractivity contribution in [3.05, 3.63) is 54.1 Å². The predicted molar refractivity (Wildman–Crippen MR) is 92.8 cm³/mol. The zero-order chi connectivity index (χ0) is 17.2. The van der Waals surface area contributed by atoms with Gasteiger partial charge in [-0.3, -0.25) is 4.79 Å². The molecule has 0 saturated carbocycles. The fourth-order valence-electron chi connectivity index (χ4n) is 2.26. The lowest BCUT2D eigenvalue weighted by atomic mass is 10.1. The number of amides is 1. The van der Waals surface area contributed by atoms with Crippen molar-refractivity contribution in [2.24, 2.45) is 0 Å². The lowest BCUT2D eigenvalue weighted by Gasteiger charge is -2.11. The topological polar surface area (TPSA) is 56.8 Å². The first-order chi connectivity index (χ1) is 11.7. The molecule has 0 aromatic heterocycles. The van der Waals surface area contributed by atoms with Crippen LogP contribution in [0, 0.1) is 0 Å². The van der Waals surface area contributed by atoms with Crippen molar-refractivity contribution in [1.82, 2.24) is 5.32 Å². The highest BCUT2D eigenvalue weighted by molar-refractivity contribution is 5.79. The molecule has 0 aliphatic carbocycles. The Balaban J connectivity index is 1.73. The van der Waals surface area contributed by atoms with Gasteiger partial charge in [0.2, 0.25) is 5.91 Å². The van der Waals surface area contributed by atoms with Crippen LogP contribution in [0.1, 0.15) is 12.0 Å². The molecule has 2 aromatic carbocycles. The molecule has 0 aliphatic heterocycles. The van der Waals surface area contributed by atoms with Crippen LogP contribution in [0.15, 0.2) is 48.5 Å². The molecule has 0 spiro atoms. The second-order valence-corrected chi connectivity index (χ2v) is 5.22. The van der Waals surface area contributed by atoms with Gasteiger partial charge in [-0.2, -0.15) is 0 Å². The molecule has 2 aromatic rings. The Morgan fingerprint density at radius 1 is 1.00 bits per heavy atom. The largest absolute Gasteiger partial charge is 0.497 e. The molecule has 0 unspecified atom stereocenters. The van der Waals surface area contributed by atoms with E-state index in [-0.39, 0.29) is 12.3 Å². The molecule has 0 fully saturated rings. The molecule has 1 N–H and O–H groups in total. The van der Waals surface area contributed by atoms with E-state index < -0.39 is 0 Å². The quantitative estimate of drug-likeness (QED) is 0.719. The maximum Gasteiger partial charge on any atom is 0.224 e. The molecule has 2 rings (SSSR count). The lowest BCUT2D eigenvalue weighted by Crippen LogP contribution is -2.27. The summed E-state index contributed by atoms with van der Waals surface area (Å²) in [5.74, 6) is 2.17. The predicted octanol–water partition coefficient (Wildman–Crippen LogP) is 2.83. The second kappa shape index (κ2) is 9.45. The van der Waals surface area contributed by atoms with Gasteiger partial charge in [0.05, 0.1) is 27.2 Å². The van der Waals surface area contributed by atoms with Crippen LogP contribution < -0.4 is 19.5 Å². The molecule has 5 heteroatoms. The van der Waals surface area contributed by atoms with E-state index in [2.05, 4.69) is 5.32 Å². The summed E-state index contributed by atoms with van der Waals surface area (Å²) in [5, 5.41) is 2.89. The Hall–Kier alpha value is -2.69. The number of hydrogen-bond donors (Lipinski definition) is 1. The number of rotatable bonds is 9. The van der Waals surface area contributed by atoms with Crippen molar-refractivity contribution in [3.8, 4) is 17.2 Å². The number of hydrogen-bond acceptors (Lipinski definition) is 4. The maximum absolute atomic E-state index is 12.1. The van der Waals surface area contributed by atoms with Crippen LogP contribution in [0.4, 0.5) is 0 Å². The van der Waals surface area contributed by atoms with Gasteiger partial charge in [-0.05, 0) is 36.8 Å². The van der Waals surface area contributed by atoms with Gasteiger partial charge in [-0.1, -0.05) is 18.2 Å². The van der Waals surface area contributed by atoms with Gasteiger partial charge < -0.3 is 19.5 Å². The van der Waals surface area contributed by atoms with Crippen molar-refractivity contribution in [2.45, 2.75) is 12.8 Å². The molecule has 0 radical (unpaired) electrons. The van der Waals surface area contributed by atoms with Gasteiger partial charge >= 0.3 is 0 Å². The van der Waals surface area contributed by atoms with Gasteiger partial charge in [0.1, 0.15) is 17.2 Å². The SMILES string of the molecule is COc1ccc(OC)c(CC(=O)NCCCOc2ccccc2)c1. The zero-order valence-corrected chi connectivity index (χ0v) is 14.1. The number of carbonyl (C=O) groups is 1. The maximum atomic E-state index is 12.1. The summed E-state index contributed by atoms with van der Waals surface area (Å²) in [6.45, 7) is 1.13. The second-order valence-electron chi connectivity index (χ2n) is 5.22. The Morgan fingerprint density at radius 2 is 1.79 bits per heavy atom. The summed E-state index contributed by atoms with van der Waals surface area (Å²) in [4.78, 5) is 12.1. The molecule has 5 nitrogen and oxygen atoms in total. The number of carbonyl (C=O) groups excluding carboxylic acids is 1. The van der Waals surface area contributed by atoms with Crippen LogP contribution >= 0.6 is 0 Å². The number of ether oxygens (including phenoxy) is 3. The number of nitrogens with one attached hydrogen (secondary N) is 1. The fourth-order valence-corrected chi connectivity index (χ4v) is 2.26. The van der Waals surface area contributed by atoms with Crippen LogP contribution in [-0.2, 0) is 11.2 Å². The minimum atomic E-state index is -0.0544. The minimum Gasteiger partial charge on any atom is -0.497 e. The van der Waals surface area contributed by atoms with Crippen molar-refractivity contribution in [2.75, 3.05) is 27.4 Å². The standard InChI is InChI=1S/C19H23NO4/c1-22-17-9-10-18(23-2)15(13-17)14-19(21)20-11-6-12-24-16-7-4-3-5-8-16/h3-5,7-10,13H,6,11-12,14H2,1-2H3,(H,20,21). The van der Waals surface area contributed by atoms with Crippen LogP contribution in [0.3, 0.4) is 0 Å². The molecular formula is C19H23NO4. The third kappa shape index (κ3) is 5.50. The van der Waals surface area contributed by atoms with Crippen LogP contribution in [0.5, 0.6) is 17.2 Å². The Bertz CT molecular complexity index is 643. The van der Waals surface area contributed by atoms with E-state index in [9.17, 15) is 4.79 Å². The molecule has 0 bridgehead atoms. The monoisotopic (exact) mass is 329 g/mol. The van der Waals surface area contributed by atoms with Gasteiger partial charge in [0.15, 0.2) is 0 Å². The fraction of sp³-hybridized carbons (Fsp3) is 0.316. The van der Waals surface area contributed by atoms with E-state index in [1.807, 2.05) is 36.4 Å². The molecule has 0 atom stereocenters. The summed E-state index contributed by atoms with van der Waals surface area (Å²) in [6.07, 6.45) is 0.996. The van der Waals surface area contributed by atoms with Gasteiger partial charge in [0.25, 0.3) is 0 Å². The highest BCUT2D eigenvalue weighted by Gasteiger charge is 2.10. The van der Waals surface area contributed by atoms with E-state index in [1.165, 1.54) is 0 Å². The minimum absolute atomic E-state index is 0.0544. The molecular weight excluding hydrogens is 306 g/mol. The van der Waals surface area contributed by atoms with E-state index in [0.717, 1.165) is 17.7 Å². The number of benzene rings is 2. The molecule has 0 aliphatic rings. The average Bonchev–Trinajstić information content (AvgIpc) is 2.62. The Kier molecular flexibility index (Phi) is 6.95. The smallest absolute Gasteiger partial charge is 0.224 e. The number of para-hydroxylation sites is 1. The van der Waals surface area contributed by atoms with Crippen LogP contribution in [0.25, 0.3) is 0 Å². The molecule has 0 heterocycles. The first kappa shape index (κ1) is 17.7. The first-order valence-corrected chi connectivity index (χ1v) is 7.88. The van der Waals surface area contributed by atoms with Gasteiger partial charge in [-0.15, -0.1) is 0 Å². The molecule has 24 heavy (non-hydrogen) atoms. The summed E-state index contributed by atoms with van der Waals surface area (Å²) in [6, 6.07) is 15.0. The average molecular weight is 329 g/mol. The van der Waals surface area contributed by atoms with Crippen molar-refractivity contribution >= 4 is 5.91 Å². The van der Waals surface area contributed by atoms with E-state index >= 15 is 0 Å². The van der Waals surface area contributed by atoms with Gasteiger partial charge in [0, 0.05) is 12.1 Å². The third-order valence-electron chi connectivity index (χ3n) is 3.49. The van der Waals surface area contributed by atoms with E-state index in [1.54, 1.807) is 26.4 Å². The first-order valence-electron chi connectivity index (χ1n) is 7.88. The summed E-state index contributed by atoms with van der Waals surface area (Å²) >= 11 is 0. The van der Waals surface area contributed by atoms with Crippen molar-refractivity contribution < 1.29 is 19.0 Å². The third-order valence-corrected chi connectivity index (χ3v) is 3.49. The van der Waals surface area contributed by atoms with Crippen LogP contribution in [0.2, 0.25) is 0 Å². The van der Waals surface area contributed by atoms with Crippen molar-refractivity contribution in [3.63, 3.8) is 0 Å². The van der Waals surface area contributed by atoms with Crippen LogP contribution in [-0.4, -0.2) is 33.3 Å². The summed E-state index contributed by atoms with van der Waals surface area (Å²) in [5.41, 5.74) is 0.801. The van der Waals surface area contributed by atoms with E-state index in [4.69, 9.17) is 14.2 Å². The molecule has 128 valence electrons. The molecule has 1 amide bonds. The zero-order valence-electron chi connectivity index (χ0n) is 14.1. The Morgan fingerprint density at radius 3 is 2.50 bits per heavy atom. The normalized spacial score (nSPS) is 10.1. The number of methoxy groups -OCH3 is 2. The Labute approximate surface area is 142 Å². The van der Waals surface area contributed by atoms with Crippen molar-refractivity contribution in [1.29, 1.82) is 0 Å². The van der Waals surface area contributed by atoms with Gasteiger partial charge in [-0.25, -0.2) is 0 Å². The van der Waals surface area contributed by atoms with E-state index in [0.29, 0.717) is 24.7 Å².